The molecule has 0 aliphatic rings. The third-order valence-electron chi connectivity index (χ3n) is 2.67. The third-order valence-corrected chi connectivity index (χ3v) is 3.65. The molecule has 4 nitrogen and oxygen atoms in total. The van der Waals surface area contributed by atoms with Crippen LogP contribution in [-0.4, -0.2) is 28.5 Å². The van der Waals surface area contributed by atoms with Crippen LogP contribution in [0.1, 0.15) is 34.1 Å². The average molecular weight is 251 g/mol. The van der Waals surface area contributed by atoms with Crippen LogP contribution in [0.25, 0.3) is 0 Å². The van der Waals surface area contributed by atoms with Crippen molar-refractivity contribution >= 4 is 23.5 Å². The molecule has 0 spiro atoms. The quantitative estimate of drug-likeness (QED) is 0.446. The van der Waals surface area contributed by atoms with E-state index < -0.39 is 23.2 Å². The average Bonchev–Trinajstić information content (AvgIpc) is 2.12. The van der Waals surface area contributed by atoms with Crippen molar-refractivity contribution in [1.29, 1.82) is 0 Å². The monoisotopic (exact) mass is 250 g/mol. The van der Waals surface area contributed by atoms with E-state index in [2.05, 4.69) is 0 Å². The molecule has 0 heterocycles. The fraction of sp³-hybridized carbons (Fsp3) is 0.818. The second-order valence-corrected chi connectivity index (χ2v) is 5.17. The van der Waals surface area contributed by atoms with E-state index in [9.17, 15) is 9.59 Å². The van der Waals surface area contributed by atoms with Gasteiger partial charge >= 0.3 is 11.9 Å². The van der Waals surface area contributed by atoms with E-state index in [4.69, 9.17) is 21.4 Å². The van der Waals surface area contributed by atoms with Crippen LogP contribution in [0.15, 0.2) is 0 Å². The highest BCUT2D eigenvalue weighted by Gasteiger charge is 2.36. The predicted octanol–water partition coefficient (Wildman–Crippen LogP) is 2.29. The zero-order valence-electron chi connectivity index (χ0n) is 10.1. The summed E-state index contributed by atoms with van der Waals surface area (Å²) in [4.78, 5) is 20.7. The number of esters is 1. The van der Waals surface area contributed by atoms with Crippen LogP contribution in [0.5, 0.6) is 0 Å². The lowest BCUT2D eigenvalue weighted by Crippen LogP contribution is -2.40. The van der Waals surface area contributed by atoms with Gasteiger partial charge in [-0.05, 0) is 11.8 Å². The van der Waals surface area contributed by atoms with E-state index in [1.54, 1.807) is 0 Å². The van der Waals surface area contributed by atoms with Gasteiger partial charge < -0.3 is 9.84 Å². The van der Waals surface area contributed by atoms with Gasteiger partial charge in [-0.3, -0.25) is 9.59 Å². The van der Waals surface area contributed by atoms with Gasteiger partial charge in [0, 0.05) is 0 Å². The molecule has 0 unspecified atom stereocenters. The molecule has 1 N–H and O–H groups in total. The number of alkyl halides is 1. The van der Waals surface area contributed by atoms with Gasteiger partial charge in [-0.1, -0.05) is 27.7 Å². The molecule has 5 heteroatoms. The summed E-state index contributed by atoms with van der Waals surface area (Å²) in [6.45, 7) is 7.81. The summed E-state index contributed by atoms with van der Waals surface area (Å²) in [6, 6.07) is 0. The Kier molecular flexibility index (Phi) is 5.79. The van der Waals surface area contributed by atoms with Crippen LogP contribution in [0.4, 0.5) is 0 Å². The summed E-state index contributed by atoms with van der Waals surface area (Å²) in [5, 5.41) is 8.40. The zero-order valence-corrected chi connectivity index (χ0v) is 10.9. The molecule has 16 heavy (non-hydrogen) atoms. The highest BCUT2D eigenvalue weighted by atomic mass is 35.5. The molecule has 94 valence electrons. The van der Waals surface area contributed by atoms with Crippen LogP contribution in [0.2, 0.25) is 0 Å². The fourth-order valence-corrected chi connectivity index (χ4v) is 1.42. The zero-order chi connectivity index (χ0) is 12.9. The van der Waals surface area contributed by atoms with E-state index >= 15 is 0 Å². The van der Waals surface area contributed by atoms with Crippen molar-refractivity contribution in [3.8, 4) is 0 Å². The molecular weight excluding hydrogens is 232 g/mol. The number of rotatable bonds is 6. The van der Waals surface area contributed by atoms with Crippen LogP contribution in [-0.2, 0) is 14.3 Å². The minimum Gasteiger partial charge on any atom is -0.481 e. The molecule has 0 bridgehead atoms. The second kappa shape index (κ2) is 6.09. The minimum atomic E-state index is -1.20. The van der Waals surface area contributed by atoms with Gasteiger partial charge in [-0.25, -0.2) is 0 Å². The molecule has 0 fully saturated rings. The first kappa shape index (κ1) is 15.2. The number of carbonyl (C=O) groups is 2. The van der Waals surface area contributed by atoms with Gasteiger partial charge in [-0.15, -0.1) is 11.6 Å². The first-order valence-electron chi connectivity index (χ1n) is 5.26. The standard InChI is InChI=1S/C11H19ClO4/c1-7(2)11(12,8(3)4)6-16-10(15)5-9(13)14/h7-8H,5-6H2,1-4H3,(H,13,14). The van der Waals surface area contributed by atoms with E-state index in [-0.39, 0.29) is 18.4 Å². The van der Waals surface area contributed by atoms with Gasteiger partial charge in [0.15, 0.2) is 0 Å². The lowest BCUT2D eigenvalue weighted by molar-refractivity contribution is -0.152. The Morgan fingerprint density at radius 1 is 1.25 bits per heavy atom. The van der Waals surface area contributed by atoms with E-state index in [1.807, 2.05) is 27.7 Å². The number of carboxylic acid groups (broad SMARTS) is 1. The first-order valence-corrected chi connectivity index (χ1v) is 5.64. The number of aliphatic carboxylic acids is 1. The molecule has 0 saturated carbocycles. The normalized spacial score (nSPS) is 11.9. The van der Waals surface area contributed by atoms with Gasteiger partial charge in [0.25, 0.3) is 0 Å². The van der Waals surface area contributed by atoms with Crippen LogP contribution < -0.4 is 0 Å². The molecule has 0 saturated heterocycles. The number of ether oxygens (including phenoxy) is 1. The van der Waals surface area contributed by atoms with Gasteiger partial charge in [0.1, 0.15) is 13.0 Å². The van der Waals surface area contributed by atoms with E-state index in [0.717, 1.165) is 0 Å². The summed E-state index contributed by atoms with van der Waals surface area (Å²) in [5.41, 5.74) is 0. The Morgan fingerprint density at radius 2 is 1.69 bits per heavy atom. The van der Waals surface area contributed by atoms with Crippen molar-refractivity contribution in [2.24, 2.45) is 11.8 Å². The molecule has 0 aromatic carbocycles. The number of hydrogen-bond acceptors (Lipinski definition) is 3. The highest BCUT2D eigenvalue weighted by Crippen LogP contribution is 2.33. The SMILES string of the molecule is CC(C)C(Cl)(COC(=O)CC(=O)O)C(C)C. The number of carbonyl (C=O) groups excluding carboxylic acids is 1. The minimum absolute atomic E-state index is 0.0377. The smallest absolute Gasteiger partial charge is 0.317 e. The maximum atomic E-state index is 11.1. The number of halogens is 1. The molecule has 0 radical (unpaired) electrons. The lowest BCUT2D eigenvalue weighted by atomic mass is 9.85. The molecule has 0 aromatic rings. The van der Waals surface area contributed by atoms with Crippen molar-refractivity contribution in [1.82, 2.24) is 0 Å². The summed E-state index contributed by atoms with van der Waals surface area (Å²) >= 11 is 6.37. The maximum Gasteiger partial charge on any atom is 0.317 e. The third kappa shape index (κ3) is 4.39. The molecule has 0 aliphatic carbocycles. The van der Waals surface area contributed by atoms with Gasteiger partial charge in [0.2, 0.25) is 0 Å². The number of hydrogen-bond donors (Lipinski definition) is 1. The lowest BCUT2D eigenvalue weighted by Gasteiger charge is -2.34. The van der Waals surface area contributed by atoms with Crippen molar-refractivity contribution in [3.05, 3.63) is 0 Å². The summed E-state index contributed by atoms with van der Waals surface area (Å²) in [5.74, 6) is -1.68. The molecule has 0 aromatic heterocycles. The van der Waals surface area contributed by atoms with E-state index in [1.165, 1.54) is 0 Å². The van der Waals surface area contributed by atoms with Crippen LogP contribution in [0.3, 0.4) is 0 Å². The molecule has 0 aliphatic heterocycles. The van der Waals surface area contributed by atoms with Crippen LogP contribution >= 0.6 is 11.6 Å². The fourth-order valence-electron chi connectivity index (χ4n) is 1.37. The van der Waals surface area contributed by atoms with Crippen molar-refractivity contribution < 1.29 is 19.4 Å². The topological polar surface area (TPSA) is 63.6 Å². The van der Waals surface area contributed by atoms with E-state index in [0.29, 0.717) is 0 Å². The molecule has 0 amide bonds. The molecule has 0 atom stereocenters. The Morgan fingerprint density at radius 3 is 2.00 bits per heavy atom. The second-order valence-electron chi connectivity index (χ2n) is 4.47. The summed E-state index contributed by atoms with van der Waals surface area (Å²) < 4.78 is 4.89. The van der Waals surface area contributed by atoms with Gasteiger partial charge in [-0.2, -0.15) is 0 Å². The maximum absolute atomic E-state index is 11.1. The molecular formula is C11H19ClO4. The predicted molar refractivity (Wildman–Crippen MR) is 61.5 cm³/mol. The Bertz CT molecular complexity index is 253. The number of carboxylic acids is 1. The van der Waals surface area contributed by atoms with Gasteiger partial charge in [0.05, 0.1) is 4.87 Å². The Hall–Kier alpha value is -0.770. The van der Waals surface area contributed by atoms with Crippen molar-refractivity contribution in [2.75, 3.05) is 6.61 Å². The van der Waals surface area contributed by atoms with Crippen LogP contribution in [0, 0.1) is 11.8 Å². The molecule has 0 rings (SSSR count). The van der Waals surface area contributed by atoms with Crippen molar-refractivity contribution in [2.45, 2.75) is 39.0 Å². The summed E-state index contributed by atoms with van der Waals surface area (Å²) in [6.07, 6.45) is -0.622. The Balaban J connectivity index is 4.34. The largest absolute Gasteiger partial charge is 0.481 e. The first-order chi connectivity index (χ1) is 7.20. The van der Waals surface area contributed by atoms with Crippen molar-refractivity contribution in [3.63, 3.8) is 0 Å². The Labute approximate surface area is 101 Å². The summed E-state index contributed by atoms with van der Waals surface area (Å²) in [7, 11) is 0. The highest BCUT2D eigenvalue weighted by molar-refractivity contribution is 6.24.